The molecule has 246 valence electrons. The van der Waals surface area contributed by atoms with Crippen LogP contribution in [0, 0.1) is 0 Å². The van der Waals surface area contributed by atoms with Crippen LogP contribution in [0.4, 0.5) is 22.0 Å². The predicted molar refractivity (Wildman–Crippen MR) is 146 cm³/mol. The number of nitrogens with zero attached hydrogens (tertiary/aromatic N) is 1. The summed E-state index contributed by atoms with van der Waals surface area (Å²) in [5, 5.41) is 9.34. The van der Waals surface area contributed by atoms with Crippen LogP contribution in [0.3, 0.4) is 0 Å². The molecule has 1 aromatic rings. The molecule has 1 aromatic carbocycles. The van der Waals surface area contributed by atoms with Gasteiger partial charge in [0.25, 0.3) is 0 Å². The van der Waals surface area contributed by atoms with Gasteiger partial charge < -0.3 is 4.18 Å². The summed E-state index contributed by atoms with van der Waals surface area (Å²) in [6, 6.07) is 3.45. The fourth-order valence-electron chi connectivity index (χ4n) is 6.50. The predicted octanol–water partition coefficient (Wildman–Crippen LogP) is 6.96. The first-order valence-corrected chi connectivity index (χ1v) is 18.8. The van der Waals surface area contributed by atoms with Gasteiger partial charge in [0.1, 0.15) is 5.75 Å². The summed E-state index contributed by atoms with van der Waals surface area (Å²) >= 11 is 0. The van der Waals surface area contributed by atoms with Gasteiger partial charge in [-0.25, -0.2) is 8.42 Å². The molecule has 0 atom stereocenters. The molecule has 4 rings (SSSR count). The molecule has 0 spiro atoms. The SMILES string of the molecule is O=S(=O)(Oc1c(C2CCCCC2)cc(C2CCCCC2)cc1C1CCCCC1)C(F)(F)S(=O)(=O)N(O)S(=O)(=O)C(F)(F)F. The normalized spacial score (nSPS) is 21.3. The van der Waals surface area contributed by atoms with Crippen LogP contribution in [0.5, 0.6) is 5.75 Å². The Morgan fingerprint density at radius 2 is 1.00 bits per heavy atom. The van der Waals surface area contributed by atoms with Crippen molar-refractivity contribution >= 4 is 30.2 Å². The molecular formula is C26H36F5NO8S3. The van der Waals surface area contributed by atoms with Gasteiger partial charge in [-0.1, -0.05) is 69.9 Å². The minimum Gasteiger partial charge on any atom is -0.377 e. The molecule has 43 heavy (non-hydrogen) atoms. The van der Waals surface area contributed by atoms with Crippen molar-refractivity contribution in [2.45, 2.75) is 124 Å². The van der Waals surface area contributed by atoms with Crippen molar-refractivity contribution in [3.8, 4) is 5.75 Å². The van der Waals surface area contributed by atoms with Crippen LogP contribution in [0.15, 0.2) is 12.1 Å². The van der Waals surface area contributed by atoms with E-state index >= 15 is 8.78 Å². The van der Waals surface area contributed by atoms with Crippen molar-refractivity contribution in [3.05, 3.63) is 28.8 Å². The number of sulfonamides is 2. The lowest BCUT2D eigenvalue weighted by Gasteiger charge is -2.32. The summed E-state index contributed by atoms with van der Waals surface area (Å²) in [6.07, 6.45) is 12.0. The average Bonchev–Trinajstić information content (AvgIpc) is 2.97. The first-order chi connectivity index (χ1) is 19.9. The Balaban J connectivity index is 1.86. The summed E-state index contributed by atoms with van der Waals surface area (Å²) < 4.78 is 139. The van der Waals surface area contributed by atoms with Crippen LogP contribution >= 0.6 is 0 Å². The van der Waals surface area contributed by atoms with E-state index in [1.807, 2.05) is 0 Å². The number of halogens is 5. The second kappa shape index (κ2) is 12.7. The maximum atomic E-state index is 15.2. The standard InChI is InChI=1S/C26H36F5NO8S3/c27-25(28,29)41(34,35)32(33)42(36,37)26(30,31)43(38,39)40-24-22(19-12-6-2-7-13-19)16-21(18-10-4-1-5-11-18)17-23(24)20-14-8-3-9-15-20/h16-20,33H,1-15H2. The van der Waals surface area contributed by atoms with Gasteiger partial charge in [0.05, 0.1) is 0 Å². The van der Waals surface area contributed by atoms with E-state index in [2.05, 4.69) is 0 Å². The van der Waals surface area contributed by atoms with E-state index in [1.165, 1.54) is 0 Å². The van der Waals surface area contributed by atoms with Gasteiger partial charge in [-0.2, -0.15) is 38.8 Å². The maximum absolute atomic E-state index is 15.2. The highest BCUT2D eigenvalue weighted by atomic mass is 32.3. The van der Waals surface area contributed by atoms with Gasteiger partial charge in [-0.15, -0.1) is 0 Å². The van der Waals surface area contributed by atoms with Crippen molar-refractivity contribution in [3.63, 3.8) is 0 Å². The molecule has 0 radical (unpaired) electrons. The van der Waals surface area contributed by atoms with Crippen molar-refractivity contribution < 1.29 is 56.6 Å². The van der Waals surface area contributed by atoms with E-state index in [4.69, 9.17) is 4.18 Å². The van der Waals surface area contributed by atoms with Crippen LogP contribution < -0.4 is 4.18 Å². The molecule has 9 nitrogen and oxygen atoms in total. The number of hydrogen-bond donors (Lipinski definition) is 1. The highest BCUT2D eigenvalue weighted by Gasteiger charge is 2.68. The van der Waals surface area contributed by atoms with Gasteiger partial charge in [0, 0.05) is 3.87 Å². The quantitative estimate of drug-likeness (QED) is 0.168. The Morgan fingerprint density at radius 3 is 1.37 bits per heavy atom. The molecule has 0 amide bonds. The molecule has 3 saturated carbocycles. The Bertz CT molecular complexity index is 1440. The van der Waals surface area contributed by atoms with Gasteiger partial charge in [-0.05, 0) is 73.0 Å². The van der Waals surface area contributed by atoms with Crippen LogP contribution in [-0.2, 0) is 30.2 Å². The minimum absolute atomic E-state index is 0.140. The fraction of sp³-hybridized carbons (Fsp3) is 0.769. The third-order valence-corrected chi connectivity index (χ3v) is 14.2. The number of hydrogen-bond acceptors (Lipinski definition) is 8. The molecule has 3 fully saturated rings. The molecule has 0 saturated heterocycles. The molecule has 0 aromatic heterocycles. The van der Waals surface area contributed by atoms with E-state index in [-0.39, 0.29) is 17.8 Å². The second-order valence-electron chi connectivity index (χ2n) is 11.7. The molecule has 3 aliphatic carbocycles. The van der Waals surface area contributed by atoms with E-state index in [0.29, 0.717) is 36.8 Å². The molecule has 17 heteroatoms. The second-order valence-corrected chi connectivity index (χ2v) is 17.3. The molecule has 3 aliphatic rings. The average molecular weight is 682 g/mol. The summed E-state index contributed by atoms with van der Waals surface area (Å²) in [7, 11) is -21.5. The van der Waals surface area contributed by atoms with Crippen molar-refractivity contribution in [1.82, 2.24) is 3.87 Å². The molecular weight excluding hydrogens is 645 g/mol. The maximum Gasteiger partial charge on any atom is 0.514 e. The van der Waals surface area contributed by atoms with Crippen LogP contribution in [0.1, 0.15) is 131 Å². The lowest BCUT2D eigenvalue weighted by molar-refractivity contribution is -0.0589. The van der Waals surface area contributed by atoms with E-state index in [9.17, 15) is 43.6 Å². The van der Waals surface area contributed by atoms with Crippen LogP contribution in [0.25, 0.3) is 0 Å². The van der Waals surface area contributed by atoms with Crippen LogP contribution in [-0.4, -0.2) is 44.4 Å². The Kier molecular flexibility index (Phi) is 10.1. The van der Waals surface area contributed by atoms with E-state index in [0.717, 1.165) is 76.2 Å². The van der Waals surface area contributed by atoms with Crippen LogP contribution in [0.2, 0.25) is 0 Å². The van der Waals surface area contributed by atoms with Crippen molar-refractivity contribution in [2.75, 3.05) is 0 Å². The third-order valence-electron chi connectivity index (χ3n) is 8.82. The first kappa shape index (κ1) is 34.3. The van der Waals surface area contributed by atoms with Crippen molar-refractivity contribution in [1.29, 1.82) is 0 Å². The molecule has 1 N–H and O–H groups in total. The summed E-state index contributed by atoms with van der Waals surface area (Å²) in [5.41, 5.74) is -5.01. The Hall–Kier alpha value is -1.56. The molecule has 0 aliphatic heterocycles. The van der Waals surface area contributed by atoms with Gasteiger partial charge in [0.15, 0.2) is 0 Å². The number of benzene rings is 1. The molecule has 0 unspecified atom stereocenters. The van der Waals surface area contributed by atoms with Gasteiger partial charge in [0.2, 0.25) is 0 Å². The van der Waals surface area contributed by atoms with E-state index in [1.54, 1.807) is 12.1 Å². The third kappa shape index (κ3) is 6.70. The Labute approximate surface area is 249 Å². The molecule has 0 heterocycles. The summed E-state index contributed by atoms with van der Waals surface area (Å²) in [4.78, 5) is 0. The van der Waals surface area contributed by atoms with Gasteiger partial charge in [-0.3, -0.25) is 5.21 Å². The fourth-order valence-corrected chi connectivity index (χ4v) is 10.4. The Morgan fingerprint density at radius 1 is 0.628 bits per heavy atom. The summed E-state index contributed by atoms with van der Waals surface area (Å²) in [6.45, 7) is 0. The number of rotatable bonds is 9. The largest absolute Gasteiger partial charge is 0.514 e. The molecule has 0 bridgehead atoms. The highest BCUT2D eigenvalue weighted by molar-refractivity contribution is 8.12. The zero-order valence-electron chi connectivity index (χ0n) is 23.4. The number of alkyl halides is 5. The van der Waals surface area contributed by atoms with E-state index < -0.39 is 49.9 Å². The topological polar surface area (TPSA) is 135 Å². The highest BCUT2D eigenvalue weighted by Crippen LogP contribution is 2.49. The van der Waals surface area contributed by atoms with Crippen molar-refractivity contribution in [2.24, 2.45) is 0 Å². The lowest BCUT2D eigenvalue weighted by atomic mass is 9.75. The van der Waals surface area contributed by atoms with Gasteiger partial charge >= 0.3 is 40.3 Å². The smallest absolute Gasteiger partial charge is 0.377 e. The zero-order valence-corrected chi connectivity index (χ0v) is 25.8. The lowest BCUT2D eigenvalue weighted by Crippen LogP contribution is -2.52. The minimum atomic E-state index is -7.42. The first-order valence-electron chi connectivity index (χ1n) is 14.5. The monoisotopic (exact) mass is 681 g/mol. The zero-order chi connectivity index (χ0) is 31.8. The summed E-state index contributed by atoms with van der Waals surface area (Å²) in [5.74, 6) is -0.970.